The number of carbonyl (C=O) groups excluding carboxylic acids is 2. The molecule has 1 aliphatic rings. The van der Waals surface area contributed by atoms with E-state index in [4.69, 9.17) is 23.2 Å². The van der Waals surface area contributed by atoms with Gasteiger partial charge in [0.2, 0.25) is 22.4 Å². The normalized spacial score (nSPS) is 18.8. The molecule has 2 amide bonds. The third-order valence-corrected chi connectivity index (χ3v) is 2.93. The van der Waals surface area contributed by atoms with E-state index in [2.05, 4.69) is 20.3 Å². The number of hydrogen-bond donors (Lipinski definition) is 1. The van der Waals surface area contributed by atoms with E-state index in [0.29, 0.717) is 0 Å². The molecule has 0 aromatic carbocycles. The number of anilines is 1. The lowest BCUT2D eigenvalue weighted by Gasteiger charge is -2.39. The third kappa shape index (κ3) is 2.23. The molecule has 1 fully saturated rings. The van der Waals surface area contributed by atoms with Crippen molar-refractivity contribution >= 4 is 41.0 Å². The van der Waals surface area contributed by atoms with Crippen LogP contribution in [0.25, 0.3) is 0 Å². The summed E-state index contributed by atoms with van der Waals surface area (Å²) in [5.41, 5.74) is -0.984. The molecule has 2 heterocycles. The molecule has 0 bridgehead atoms. The summed E-state index contributed by atoms with van der Waals surface area (Å²) in [5.74, 6) is -0.786. The van der Waals surface area contributed by atoms with Crippen LogP contribution >= 0.6 is 23.2 Å². The van der Waals surface area contributed by atoms with Crippen LogP contribution in [-0.2, 0) is 9.59 Å². The Hall–Kier alpha value is -1.47. The molecule has 0 unspecified atom stereocenters. The van der Waals surface area contributed by atoms with Crippen molar-refractivity contribution < 1.29 is 9.59 Å². The Morgan fingerprint density at radius 3 is 2.28 bits per heavy atom. The molecule has 1 aromatic heterocycles. The number of hydrogen-bond acceptors (Lipinski definition) is 6. The van der Waals surface area contributed by atoms with Gasteiger partial charge in [-0.15, -0.1) is 0 Å². The topological polar surface area (TPSA) is 88.1 Å². The summed E-state index contributed by atoms with van der Waals surface area (Å²) in [6.45, 7) is 3.22. The molecule has 1 aromatic rings. The molecule has 18 heavy (non-hydrogen) atoms. The maximum Gasteiger partial charge on any atom is 0.252 e. The van der Waals surface area contributed by atoms with Crippen molar-refractivity contribution in [3.8, 4) is 0 Å². The Morgan fingerprint density at radius 2 is 1.72 bits per heavy atom. The highest BCUT2D eigenvalue weighted by molar-refractivity contribution is 6.31. The molecule has 0 radical (unpaired) electrons. The van der Waals surface area contributed by atoms with E-state index in [1.165, 1.54) is 4.90 Å². The number of imide groups is 1. The van der Waals surface area contributed by atoms with E-state index in [-0.39, 0.29) is 23.1 Å². The van der Waals surface area contributed by atoms with Crippen molar-refractivity contribution in [2.24, 2.45) is 0 Å². The SMILES string of the molecule is CC1(C)C(=O)NC(=O)CN1c1nc(Cl)nc(Cl)n1. The van der Waals surface area contributed by atoms with Crippen molar-refractivity contribution in [1.29, 1.82) is 0 Å². The van der Waals surface area contributed by atoms with Crippen LogP contribution in [0.4, 0.5) is 5.95 Å². The molecular formula is C9H9Cl2N5O2. The molecule has 0 saturated carbocycles. The molecule has 0 aliphatic carbocycles. The van der Waals surface area contributed by atoms with Gasteiger partial charge in [0.15, 0.2) is 0 Å². The summed E-state index contributed by atoms with van der Waals surface area (Å²) in [6.07, 6.45) is 0. The van der Waals surface area contributed by atoms with Gasteiger partial charge in [0.1, 0.15) is 12.1 Å². The first kappa shape index (κ1) is 13.0. The van der Waals surface area contributed by atoms with Gasteiger partial charge in [0.05, 0.1) is 0 Å². The number of rotatable bonds is 1. The minimum atomic E-state index is -0.984. The average molecular weight is 290 g/mol. The lowest BCUT2D eigenvalue weighted by atomic mass is 9.99. The Kier molecular flexibility index (Phi) is 3.12. The largest absolute Gasteiger partial charge is 0.317 e. The number of aromatic nitrogens is 3. The zero-order chi connectivity index (χ0) is 13.5. The zero-order valence-corrected chi connectivity index (χ0v) is 11.1. The minimum Gasteiger partial charge on any atom is -0.317 e. The van der Waals surface area contributed by atoms with Crippen LogP contribution in [0.3, 0.4) is 0 Å². The highest BCUT2D eigenvalue weighted by Gasteiger charge is 2.42. The molecule has 7 nitrogen and oxygen atoms in total. The highest BCUT2D eigenvalue weighted by atomic mass is 35.5. The summed E-state index contributed by atoms with van der Waals surface area (Å²) in [6, 6.07) is 0. The van der Waals surface area contributed by atoms with Crippen molar-refractivity contribution in [3.05, 3.63) is 10.6 Å². The van der Waals surface area contributed by atoms with E-state index in [1.807, 2.05) is 0 Å². The van der Waals surface area contributed by atoms with Gasteiger partial charge in [-0.1, -0.05) is 0 Å². The number of amides is 2. The second-order valence-electron chi connectivity index (χ2n) is 4.20. The molecule has 1 N–H and O–H groups in total. The first-order valence-corrected chi connectivity index (χ1v) is 5.75. The maximum absolute atomic E-state index is 11.8. The van der Waals surface area contributed by atoms with E-state index >= 15 is 0 Å². The van der Waals surface area contributed by atoms with Crippen molar-refractivity contribution in [2.45, 2.75) is 19.4 Å². The Bertz CT molecular complexity index is 513. The summed E-state index contributed by atoms with van der Waals surface area (Å²) in [4.78, 5) is 36.0. The van der Waals surface area contributed by atoms with Crippen LogP contribution in [-0.4, -0.2) is 38.8 Å². The van der Waals surface area contributed by atoms with Gasteiger partial charge in [-0.25, -0.2) is 0 Å². The van der Waals surface area contributed by atoms with Crippen LogP contribution in [0, 0.1) is 0 Å². The first-order chi connectivity index (χ1) is 8.30. The Balaban J connectivity index is 2.46. The van der Waals surface area contributed by atoms with E-state index < -0.39 is 17.4 Å². The lowest BCUT2D eigenvalue weighted by molar-refractivity contribution is -0.135. The summed E-state index contributed by atoms with van der Waals surface area (Å²) in [5, 5.41) is 2.05. The van der Waals surface area contributed by atoms with Crippen LogP contribution < -0.4 is 10.2 Å². The van der Waals surface area contributed by atoms with Crippen LogP contribution in [0.15, 0.2) is 0 Å². The third-order valence-electron chi connectivity index (χ3n) is 2.60. The van der Waals surface area contributed by atoms with Gasteiger partial charge < -0.3 is 4.90 Å². The van der Waals surface area contributed by atoms with E-state index in [1.54, 1.807) is 13.8 Å². The predicted octanol–water partition coefficient (Wildman–Crippen LogP) is 0.420. The molecule has 96 valence electrons. The smallest absolute Gasteiger partial charge is 0.252 e. The Morgan fingerprint density at radius 1 is 1.17 bits per heavy atom. The molecular weight excluding hydrogens is 281 g/mol. The molecule has 0 spiro atoms. The van der Waals surface area contributed by atoms with Gasteiger partial charge in [-0.2, -0.15) is 15.0 Å². The molecule has 9 heteroatoms. The molecule has 0 atom stereocenters. The second-order valence-corrected chi connectivity index (χ2v) is 4.87. The number of nitrogens with one attached hydrogen (secondary N) is 1. The lowest BCUT2D eigenvalue weighted by Crippen LogP contribution is -2.64. The number of nitrogens with zero attached hydrogens (tertiary/aromatic N) is 4. The monoisotopic (exact) mass is 289 g/mol. The zero-order valence-electron chi connectivity index (χ0n) is 9.57. The van der Waals surface area contributed by atoms with Gasteiger partial charge >= 0.3 is 0 Å². The highest BCUT2D eigenvalue weighted by Crippen LogP contribution is 2.24. The minimum absolute atomic E-state index is 0.0601. The van der Waals surface area contributed by atoms with Crippen LogP contribution in [0.1, 0.15) is 13.8 Å². The van der Waals surface area contributed by atoms with Crippen LogP contribution in [0.2, 0.25) is 10.6 Å². The summed E-state index contributed by atoms with van der Waals surface area (Å²) >= 11 is 11.4. The van der Waals surface area contributed by atoms with Crippen molar-refractivity contribution in [2.75, 3.05) is 11.4 Å². The first-order valence-electron chi connectivity index (χ1n) is 4.99. The number of piperazine rings is 1. The fourth-order valence-electron chi connectivity index (χ4n) is 1.54. The number of halogens is 2. The average Bonchev–Trinajstić information content (AvgIpc) is 2.22. The van der Waals surface area contributed by atoms with Gasteiger partial charge in [0, 0.05) is 0 Å². The van der Waals surface area contributed by atoms with Gasteiger partial charge in [0.25, 0.3) is 5.91 Å². The fourth-order valence-corrected chi connectivity index (χ4v) is 1.90. The predicted molar refractivity (Wildman–Crippen MR) is 64.4 cm³/mol. The molecule has 2 rings (SSSR count). The molecule has 1 aliphatic heterocycles. The van der Waals surface area contributed by atoms with Crippen LogP contribution in [0.5, 0.6) is 0 Å². The standard InChI is InChI=1S/C9H9Cl2N5O2/c1-9(2)5(18)12-4(17)3-16(9)8-14-6(10)13-7(11)15-8/h3H2,1-2H3,(H,12,17,18). The quantitative estimate of drug-likeness (QED) is 0.754. The number of carbonyl (C=O) groups is 2. The molecule has 1 saturated heterocycles. The van der Waals surface area contributed by atoms with E-state index in [9.17, 15) is 9.59 Å². The maximum atomic E-state index is 11.8. The van der Waals surface area contributed by atoms with Gasteiger partial charge in [-0.3, -0.25) is 14.9 Å². The van der Waals surface area contributed by atoms with Gasteiger partial charge in [-0.05, 0) is 37.0 Å². The van der Waals surface area contributed by atoms with Crippen molar-refractivity contribution in [3.63, 3.8) is 0 Å². The summed E-state index contributed by atoms with van der Waals surface area (Å²) < 4.78 is 0. The van der Waals surface area contributed by atoms with E-state index in [0.717, 1.165) is 0 Å². The fraction of sp³-hybridized carbons (Fsp3) is 0.444. The Labute approximate surface area is 113 Å². The second kappa shape index (κ2) is 4.33. The van der Waals surface area contributed by atoms with Crippen molar-refractivity contribution in [1.82, 2.24) is 20.3 Å². The summed E-state index contributed by atoms with van der Waals surface area (Å²) in [7, 11) is 0.